The molecule has 1 N–H and O–H groups in total. The highest BCUT2D eigenvalue weighted by Crippen LogP contribution is 2.24. The van der Waals surface area contributed by atoms with Crippen LogP contribution in [0.4, 0.5) is 0 Å². The fourth-order valence-corrected chi connectivity index (χ4v) is 1.87. The number of aliphatic hydroxyl groups excluding tert-OH is 1. The van der Waals surface area contributed by atoms with Gasteiger partial charge in [0.25, 0.3) is 0 Å². The van der Waals surface area contributed by atoms with Gasteiger partial charge in [-0.05, 0) is 30.7 Å². The van der Waals surface area contributed by atoms with E-state index in [1.54, 1.807) is 6.92 Å². The molecule has 2 heteroatoms. The molecule has 0 aromatic heterocycles. The molecule has 0 saturated heterocycles. The van der Waals surface area contributed by atoms with Crippen LogP contribution in [-0.2, 0) is 0 Å². The number of benzene rings is 2. The first-order valence-electron chi connectivity index (χ1n) is 6.46. The summed E-state index contributed by atoms with van der Waals surface area (Å²) in [6.45, 7) is 1.70. The Hall–Kier alpha value is -2.55. The van der Waals surface area contributed by atoms with Crippen LogP contribution in [0, 0.1) is 29.1 Å². The zero-order valence-electron chi connectivity index (χ0n) is 11.2. The van der Waals surface area contributed by atoms with Gasteiger partial charge in [0.1, 0.15) is 0 Å². The third-order valence-electron chi connectivity index (χ3n) is 3.07. The SMILES string of the molecule is CC(C#N)C(O)c1ccccc1C#Cc1ccccc1. The fraction of sp³-hybridized carbons (Fsp3) is 0.167. The maximum atomic E-state index is 10.2. The van der Waals surface area contributed by atoms with Crippen LogP contribution < -0.4 is 0 Å². The molecule has 0 heterocycles. The minimum absolute atomic E-state index is 0.463. The molecule has 0 bridgehead atoms. The van der Waals surface area contributed by atoms with E-state index in [9.17, 15) is 5.11 Å². The van der Waals surface area contributed by atoms with Gasteiger partial charge >= 0.3 is 0 Å². The van der Waals surface area contributed by atoms with Crippen molar-refractivity contribution in [3.05, 3.63) is 71.3 Å². The molecule has 0 fully saturated rings. The zero-order valence-corrected chi connectivity index (χ0v) is 11.2. The molecule has 0 spiro atoms. The molecule has 2 unspecified atom stereocenters. The maximum Gasteiger partial charge on any atom is 0.0957 e. The number of rotatable bonds is 2. The molecule has 2 nitrogen and oxygen atoms in total. The van der Waals surface area contributed by atoms with Crippen molar-refractivity contribution in [2.24, 2.45) is 5.92 Å². The van der Waals surface area contributed by atoms with Gasteiger partial charge in [-0.1, -0.05) is 48.2 Å². The summed E-state index contributed by atoms with van der Waals surface area (Å²) in [4.78, 5) is 0. The van der Waals surface area contributed by atoms with Crippen LogP contribution in [-0.4, -0.2) is 5.11 Å². The second-order valence-electron chi connectivity index (χ2n) is 4.57. The molecule has 2 atom stereocenters. The predicted molar refractivity (Wildman–Crippen MR) is 78.6 cm³/mol. The van der Waals surface area contributed by atoms with Crippen molar-refractivity contribution in [1.82, 2.24) is 0 Å². The van der Waals surface area contributed by atoms with Crippen molar-refractivity contribution in [2.45, 2.75) is 13.0 Å². The van der Waals surface area contributed by atoms with Crippen LogP contribution in [0.15, 0.2) is 54.6 Å². The molecule has 20 heavy (non-hydrogen) atoms. The minimum Gasteiger partial charge on any atom is -0.387 e. The van der Waals surface area contributed by atoms with Gasteiger partial charge in [-0.25, -0.2) is 0 Å². The minimum atomic E-state index is -0.818. The van der Waals surface area contributed by atoms with Crippen LogP contribution in [0.3, 0.4) is 0 Å². The fourth-order valence-electron chi connectivity index (χ4n) is 1.87. The number of hydrogen-bond donors (Lipinski definition) is 1. The van der Waals surface area contributed by atoms with Crippen LogP contribution >= 0.6 is 0 Å². The smallest absolute Gasteiger partial charge is 0.0957 e. The van der Waals surface area contributed by atoms with Crippen LogP contribution in [0.25, 0.3) is 0 Å². The molecule has 0 aliphatic carbocycles. The highest BCUT2D eigenvalue weighted by atomic mass is 16.3. The lowest BCUT2D eigenvalue weighted by atomic mass is 9.94. The zero-order chi connectivity index (χ0) is 14.4. The first-order valence-corrected chi connectivity index (χ1v) is 6.46. The van der Waals surface area contributed by atoms with E-state index >= 15 is 0 Å². The second-order valence-corrected chi connectivity index (χ2v) is 4.57. The number of aliphatic hydroxyl groups is 1. The number of nitrogens with zero attached hydrogens (tertiary/aromatic N) is 1. The van der Waals surface area contributed by atoms with Crippen LogP contribution in [0.1, 0.15) is 29.7 Å². The van der Waals surface area contributed by atoms with E-state index in [4.69, 9.17) is 5.26 Å². The Morgan fingerprint density at radius 2 is 1.60 bits per heavy atom. The summed E-state index contributed by atoms with van der Waals surface area (Å²) < 4.78 is 0. The summed E-state index contributed by atoms with van der Waals surface area (Å²) in [6, 6.07) is 19.1. The third-order valence-corrected chi connectivity index (χ3v) is 3.07. The van der Waals surface area contributed by atoms with E-state index < -0.39 is 12.0 Å². The predicted octanol–water partition coefficient (Wildman–Crippen LogP) is 3.28. The number of nitriles is 1. The molecular formula is C18H15NO. The van der Waals surface area contributed by atoms with Crippen molar-refractivity contribution in [1.29, 1.82) is 5.26 Å². The Labute approximate surface area is 119 Å². The van der Waals surface area contributed by atoms with E-state index in [0.29, 0.717) is 5.56 Å². The average molecular weight is 261 g/mol. The molecule has 0 saturated carbocycles. The van der Waals surface area contributed by atoms with Crippen molar-refractivity contribution >= 4 is 0 Å². The first-order chi connectivity index (χ1) is 9.72. The Kier molecular flexibility index (Phi) is 4.56. The van der Waals surface area contributed by atoms with Gasteiger partial charge in [-0.2, -0.15) is 5.26 Å². The monoisotopic (exact) mass is 261 g/mol. The largest absolute Gasteiger partial charge is 0.387 e. The number of hydrogen-bond acceptors (Lipinski definition) is 2. The van der Waals surface area contributed by atoms with E-state index in [1.165, 1.54) is 0 Å². The van der Waals surface area contributed by atoms with Gasteiger partial charge in [-0.15, -0.1) is 0 Å². The maximum absolute atomic E-state index is 10.2. The quantitative estimate of drug-likeness (QED) is 0.843. The Balaban J connectivity index is 2.35. The molecule has 0 aliphatic heterocycles. The van der Waals surface area contributed by atoms with Gasteiger partial charge in [0.05, 0.1) is 18.1 Å². The second kappa shape index (κ2) is 6.57. The van der Waals surface area contributed by atoms with Crippen LogP contribution in [0.5, 0.6) is 0 Å². The Bertz CT molecular complexity index is 674. The summed E-state index contributed by atoms with van der Waals surface area (Å²) in [7, 11) is 0. The summed E-state index contributed by atoms with van der Waals surface area (Å²) in [6.07, 6.45) is -0.818. The molecule has 2 aromatic rings. The molecule has 0 radical (unpaired) electrons. The highest BCUT2D eigenvalue weighted by Gasteiger charge is 2.17. The lowest BCUT2D eigenvalue weighted by Crippen LogP contribution is -2.08. The van der Waals surface area contributed by atoms with Crippen LogP contribution in [0.2, 0.25) is 0 Å². The first kappa shape index (κ1) is 13.9. The highest BCUT2D eigenvalue weighted by molar-refractivity contribution is 5.47. The Morgan fingerprint density at radius 1 is 0.950 bits per heavy atom. The van der Waals surface area contributed by atoms with Crippen molar-refractivity contribution in [3.63, 3.8) is 0 Å². The van der Waals surface area contributed by atoms with Gasteiger partial charge < -0.3 is 5.11 Å². The molecule has 0 amide bonds. The van der Waals surface area contributed by atoms with E-state index in [1.807, 2.05) is 54.6 Å². The molecule has 0 aliphatic rings. The average Bonchev–Trinajstić information content (AvgIpc) is 2.52. The van der Waals surface area contributed by atoms with Crippen molar-refractivity contribution in [2.75, 3.05) is 0 Å². The molecule has 98 valence electrons. The lowest BCUT2D eigenvalue weighted by molar-refractivity contribution is 0.142. The van der Waals surface area contributed by atoms with Gasteiger partial charge in [0.2, 0.25) is 0 Å². The topological polar surface area (TPSA) is 44.0 Å². The van der Waals surface area contributed by atoms with Crippen molar-refractivity contribution < 1.29 is 5.11 Å². The van der Waals surface area contributed by atoms with Gasteiger partial charge in [-0.3, -0.25) is 0 Å². The van der Waals surface area contributed by atoms with E-state index in [-0.39, 0.29) is 0 Å². The third kappa shape index (κ3) is 3.26. The molecular weight excluding hydrogens is 246 g/mol. The standard InChI is InChI=1S/C18H15NO/c1-14(13-19)18(20)17-10-6-5-9-16(17)12-11-15-7-3-2-4-8-15/h2-10,14,18,20H,1H3. The lowest BCUT2D eigenvalue weighted by Gasteiger charge is -2.14. The summed E-state index contributed by atoms with van der Waals surface area (Å²) in [5, 5.41) is 19.1. The summed E-state index contributed by atoms with van der Waals surface area (Å²) in [5.41, 5.74) is 2.38. The molecule has 2 aromatic carbocycles. The van der Waals surface area contributed by atoms with Gasteiger partial charge in [0.15, 0.2) is 0 Å². The summed E-state index contributed by atoms with van der Waals surface area (Å²) in [5.74, 6) is 5.68. The van der Waals surface area contributed by atoms with E-state index in [2.05, 4.69) is 17.9 Å². The Morgan fingerprint density at radius 3 is 2.30 bits per heavy atom. The van der Waals surface area contributed by atoms with E-state index in [0.717, 1.165) is 11.1 Å². The normalized spacial score (nSPS) is 12.7. The summed E-state index contributed by atoms with van der Waals surface area (Å²) >= 11 is 0. The van der Waals surface area contributed by atoms with Crippen molar-refractivity contribution in [3.8, 4) is 17.9 Å². The van der Waals surface area contributed by atoms with Gasteiger partial charge in [0, 0.05) is 11.1 Å². The molecule has 2 rings (SSSR count).